The van der Waals surface area contributed by atoms with Gasteiger partial charge in [-0.1, -0.05) is 11.8 Å². The molecule has 1 aromatic heterocycles. The van der Waals surface area contributed by atoms with Crippen LogP contribution in [0.1, 0.15) is 33.1 Å². The van der Waals surface area contributed by atoms with E-state index in [1.54, 1.807) is 4.90 Å². The van der Waals surface area contributed by atoms with Crippen molar-refractivity contribution in [2.24, 2.45) is 0 Å². The zero-order valence-corrected chi connectivity index (χ0v) is 20.3. The van der Waals surface area contributed by atoms with Crippen LogP contribution in [0.2, 0.25) is 0 Å². The van der Waals surface area contributed by atoms with Crippen LogP contribution in [-0.4, -0.2) is 47.4 Å². The van der Waals surface area contributed by atoms with Gasteiger partial charge >= 0.3 is 0 Å². The van der Waals surface area contributed by atoms with Gasteiger partial charge in [0.2, 0.25) is 17.7 Å². The summed E-state index contributed by atoms with van der Waals surface area (Å²) in [5, 5.41) is 11.5. The lowest BCUT2D eigenvalue weighted by Gasteiger charge is -2.20. The topological polar surface area (TPSA) is 91.6 Å². The van der Waals surface area contributed by atoms with Crippen molar-refractivity contribution in [2.45, 2.75) is 38.3 Å². The van der Waals surface area contributed by atoms with E-state index in [9.17, 15) is 9.59 Å². The lowest BCUT2D eigenvalue weighted by atomic mass is 10.2. The van der Waals surface area contributed by atoms with Crippen molar-refractivity contribution in [1.29, 1.82) is 0 Å². The van der Waals surface area contributed by atoms with E-state index in [4.69, 9.17) is 4.42 Å². The molecular formula is C25H29N5O3S. The predicted molar refractivity (Wildman–Crippen MR) is 135 cm³/mol. The van der Waals surface area contributed by atoms with Crippen LogP contribution in [0.15, 0.2) is 58.2 Å². The van der Waals surface area contributed by atoms with E-state index in [1.807, 2.05) is 36.4 Å². The van der Waals surface area contributed by atoms with Crippen molar-refractivity contribution in [1.82, 2.24) is 10.2 Å². The molecule has 1 saturated heterocycles. The van der Waals surface area contributed by atoms with E-state index in [1.165, 1.54) is 11.8 Å². The number of carbonyl (C=O) groups is 2. The quantitative estimate of drug-likeness (QED) is 0.416. The van der Waals surface area contributed by atoms with Gasteiger partial charge in [0.05, 0.1) is 0 Å². The Morgan fingerprint density at radius 3 is 2.47 bits per heavy atom. The molecule has 0 saturated carbocycles. The summed E-state index contributed by atoms with van der Waals surface area (Å²) < 4.78 is 5.76. The van der Waals surface area contributed by atoms with Crippen LogP contribution in [0.25, 0.3) is 11.5 Å². The van der Waals surface area contributed by atoms with E-state index in [0.29, 0.717) is 35.4 Å². The van der Waals surface area contributed by atoms with E-state index in [-0.39, 0.29) is 11.8 Å². The molecular weight excluding hydrogens is 450 g/mol. The van der Waals surface area contributed by atoms with Crippen molar-refractivity contribution in [3.63, 3.8) is 0 Å². The molecule has 0 spiro atoms. The fourth-order valence-electron chi connectivity index (χ4n) is 3.89. The molecule has 34 heavy (non-hydrogen) atoms. The Kier molecular flexibility index (Phi) is 7.84. The van der Waals surface area contributed by atoms with E-state index >= 15 is 0 Å². The minimum atomic E-state index is -0.0933. The molecule has 2 heterocycles. The number of nitrogens with zero attached hydrogens (tertiary/aromatic N) is 4. The average Bonchev–Trinajstić information content (AvgIpc) is 3.50. The molecule has 0 aliphatic carbocycles. The third-order valence-corrected chi connectivity index (χ3v) is 6.56. The number of aromatic nitrogens is 2. The summed E-state index contributed by atoms with van der Waals surface area (Å²) in [6.45, 7) is 6.92. The highest BCUT2D eigenvalue weighted by atomic mass is 32.2. The molecule has 0 unspecified atom stereocenters. The second-order valence-electron chi connectivity index (χ2n) is 7.93. The first-order valence-electron chi connectivity index (χ1n) is 11.6. The molecule has 2 amide bonds. The number of hydrogen-bond donors (Lipinski definition) is 1. The number of thioether (sulfide) groups is 1. The molecule has 1 aliphatic rings. The Hall–Kier alpha value is -3.33. The van der Waals surface area contributed by atoms with Crippen molar-refractivity contribution < 1.29 is 14.0 Å². The fraction of sp³-hybridized carbons (Fsp3) is 0.360. The molecule has 1 aliphatic heterocycles. The number of anilines is 3. The number of nitrogens with one attached hydrogen (secondary N) is 1. The lowest BCUT2D eigenvalue weighted by Crippen LogP contribution is -2.23. The maximum absolute atomic E-state index is 12.3. The Labute approximate surface area is 203 Å². The van der Waals surface area contributed by atoms with Gasteiger partial charge in [0.1, 0.15) is 0 Å². The smallest absolute Gasteiger partial charge is 0.276 e. The van der Waals surface area contributed by atoms with Gasteiger partial charge in [0, 0.05) is 60.9 Å². The molecule has 2 aromatic carbocycles. The first-order chi connectivity index (χ1) is 16.6. The number of carbonyl (C=O) groups excluding carboxylic acids is 2. The normalized spacial score (nSPS) is 13.4. The van der Waals surface area contributed by atoms with Gasteiger partial charge in [-0.2, -0.15) is 0 Å². The number of rotatable bonds is 10. The molecule has 3 aromatic rings. The van der Waals surface area contributed by atoms with E-state index < -0.39 is 0 Å². The number of amides is 2. The Bertz CT molecular complexity index is 1110. The third kappa shape index (κ3) is 5.77. The minimum Gasteiger partial charge on any atom is -0.411 e. The van der Waals surface area contributed by atoms with Crippen molar-refractivity contribution in [3.05, 3.63) is 48.5 Å². The summed E-state index contributed by atoms with van der Waals surface area (Å²) in [6, 6.07) is 15.4. The largest absolute Gasteiger partial charge is 0.411 e. The first kappa shape index (κ1) is 23.8. The molecule has 178 valence electrons. The van der Waals surface area contributed by atoms with E-state index in [2.05, 4.69) is 46.4 Å². The van der Waals surface area contributed by atoms with Crippen LogP contribution in [-0.2, 0) is 9.59 Å². The van der Waals surface area contributed by atoms with Crippen LogP contribution in [0, 0.1) is 0 Å². The maximum Gasteiger partial charge on any atom is 0.276 e. The molecule has 8 nitrogen and oxygen atoms in total. The molecule has 1 N–H and O–H groups in total. The SMILES string of the molecule is CCN(CC)c1ccc(-c2nnc(SCCC(=O)Nc3ccc(N4CCCC4=O)cc3)o2)cc1. The highest BCUT2D eigenvalue weighted by Gasteiger charge is 2.21. The second kappa shape index (κ2) is 11.2. The van der Waals surface area contributed by atoms with Crippen molar-refractivity contribution >= 4 is 40.6 Å². The summed E-state index contributed by atoms with van der Waals surface area (Å²) in [7, 11) is 0. The Morgan fingerprint density at radius 1 is 1.09 bits per heavy atom. The lowest BCUT2D eigenvalue weighted by molar-refractivity contribution is -0.117. The molecule has 4 rings (SSSR count). The van der Waals surface area contributed by atoms with Gasteiger partial charge in [0.15, 0.2) is 0 Å². The maximum atomic E-state index is 12.3. The summed E-state index contributed by atoms with van der Waals surface area (Å²) in [5.74, 6) is 1.04. The molecule has 0 bridgehead atoms. The number of hydrogen-bond acceptors (Lipinski definition) is 7. The van der Waals surface area contributed by atoms with Crippen LogP contribution < -0.4 is 15.1 Å². The van der Waals surface area contributed by atoms with Gasteiger partial charge in [0.25, 0.3) is 5.22 Å². The molecule has 0 atom stereocenters. The first-order valence-corrected chi connectivity index (χ1v) is 12.6. The van der Waals surface area contributed by atoms with Gasteiger partial charge in [-0.25, -0.2) is 0 Å². The highest BCUT2D eigenvalue weighted by Crippen LogP contribution is 2.26. The van der Waals surface area contributed by atoms with Gasteiger partial charge in [-0.3, -0.25) is 9.59 Å². The van der Waals surface area contributed by atoms with Gasteiger partial charge < -0.3 is 19.5 Å². The summed E-state index contributed by atoms with van der Waals surface area (Å²) >= 11 is 1.36. The zero-order chi connectivity index (χ0) is 23.9. The van der Waals surface area contributed by atoms with Gasteiger partial charge in [-0.15, -0.1) is 10.2 Å². The van der Waals surface area contributed by atoms with Crippen LogP contribution in [0.5, 0.6) is 0 Å². The van der Waals surface area contributed by atoms with Crippen LogP contribution >= 0.6 is 11.8 Å². The highest BCUT2D eigenvalue weighted by molar-refractivity contribution is 7.99. The van der Waals surface area contributed by atoms with Gasteiger partial charge in [-0.05, 0) is 68.8 Å². The monoisotopic (exact) mass is 479 g/mol. The molecule has 0 radical (unpaired) electrons. The third-order valence-electron chi connectivity index (χ3n) is 5.74. The Morgan fingerprint density at radius 2 is 1.82 bits per heavy atom. The standard InChI is InChI=1S/C25H29N5O3S/c1-3-29(4-2)20-11-7-18(8-12-20)24-27-28-25(33-24)34-17-15-22(31)26-19-9-13-21(14-10-19)30-16-5-6-23(30)32/h7-14H,3-6,15-17H2,1-2H3,(H,26,31). The average molecular weight is 480 g/mol. The van der Waals surface area contributed by atoms with Crippen LogP contribution in [0.4, 0.5) is 17.1 Å². The fourth-order valence-corrected chi connectivity index (χ4v) is 4.59. The number of benzene rings is 2. The van der Waals surface area contributed by atoms with Crippen molar-refractivity contribution in [3.8, 4) is 11.5 Å². The van der Waals surface area contributed by atoms with Crippen molar-refractivity contribution in [2.75, 3.05) is 40.5 Å². The summed E-state index contributed by atoms with van der Waals surface area (Å²) in [4.78, 5) is 28.2. The second-order valence-corrected chi connectivity index (χ2v) is 8.98. The van der Waals surface area contributed by atoms with Crippen LogP contribution in [0.3, 0.4) is 0 Å². The zero-order valence-electron chi connectivity index (χ0n) is 19.5. The molecule has 9 heteroatoms. The summed E-state index contributed by atoms with van der Waals surface area (Å²) in [5.41, 5.74) is 3.60. The summed E-state index contributed by atoms with van der Waals surface area (Å²) in [6.07, 6.45) is 1.80. The Balaban J connectivity index is 1.24. The van der Waals surface area contributed by atoms with E-state index in [0.717, 1.165) is 43.0 Å². The minimum absolute atomic E-state index is 0.0933. The predicted octanol–water partition coefficient (Wildman–Crippen LogP) is 4.83. The molecule has 1 fully saturated rings.